The zero-order valence-electron chi connectivity index (χ0n) is 14.5. The van der Waals surface area contributed by atoms with Crippen molar-refractivity contribution in [1.82, 2.24) is 9.97 Å². The number of benzene rings is 1. The molecule has 1 aliphatic rings. The molecule has 4 rings (SSSR count). The number of thiophene rings is 1. The van der Waals surface area contributed by atoms with Crippen molar-refractivity contribution in [2.24, 2.45) is 0 Å². The molecule has 0 saturated carbocycles. The summed E-state index contributed by atoms with van der Waals surface area (Å²) in [6.07, 6.45) is 6.04. The van der Waals surface area contributed by atoms with Crippen molar-refractivity contribution in [2.45, 2.75) is 42.7 Å². The van der Waals surface area contributed by atoms with E-state index < -0.39 is 10.1 Å². The molecule has 0 spiro atoms. The van der Waals surface area contributed by atoms with Gasteiger partial charge in [-0.1, -0.05) is 29.5 Å². The van der Waals surface area contributed by atoms with E-state index >= 15 is 0 Å². The Morgan fingerprint density at radius 3 is 2.58 bits per heavy atom. The lowest BCUT2D eigenvalue weighted by Crippen LogP contribution is -2.12. The normalized spacial score (nSPS) is 14.4. The van der Waals surface area contributed by atoms with E-state index in [2.05, 4.69) is 9.97 Å². The molecule has 1 aliphatic carbocycles. The van der Waals surface area contributed by atoms with E-state index in [0.29, 0.717) is 5.16 Å². The molecule has 0 N–H and O–H groups in total. The van der Waals surface area contributed by atoms with Crippen molar-refractivity contribution in [2.75, 3.05) is 6.26 Å². The standard InChI is InChI=1S/C18H18N2O3S3/c1-11-7-9-12(10-8-11)26(21,22)23-16-15-13-5-3-4-6-14(13)25-17(15)20-18(19-16)24-2/h7-10H,3-6H2,1-2H3. The average Bonchev–Trinajstić information content (AvgIpc) is 3.00. The van der Waals surface area contributed by atoms with E-state index in [-0.39, 0.29) is 10.8 Å². The third-order valence-corrected chi connectivity index (χ3v) is 7.40. The molecular formula is C18H18N2O3S3. The molecular weight excluding hydrogens is 388 g/mol. The van der Waals surface area contributed by atoms with Gasteiger partial charge < -0.3 is 4.18 Å². The topological polar surface area (TPSA) is 69.2 Å². The molecule has 2 aromatic heterocycles. The lowest BCUT2D eigenvalue weighted by molar-refractivity contribution is 0.475. The molecule has 0 radical (unpaired) electrons. The predicted octanol–water partition coefficient (Wildman–Crippen LogP) is 4.37. The fourth-order valence-corrected chi connectivity index (χ4v) is 5.67. The van der Waals surface area contributed by atoms with Gasteiger partial charge in [0, 0.05) is 4.88 Å². The van der Waals surface area contributed by atoms with Gasteiger partial charge in [-0.25, -0.2) is 4.98 Å². The van der Waals surface area contributed by atoms with Gasteiger partial charge in [0.05, 0.1) is 5.39 Å². The van der Waals surface area contributed by atoms with E-state index in [4.69, 9.17) is 4.18 Å². The van der Waals surface area contributed by atoms with Gasteiger partial charge in [0.15, 0.2) is 5.16 Å². The van der Waals surface area contributed by atoms with Gasteiger partial charge in [0.25, 0.3) is 0 Å². The fraction of sp³-hybridized carbons (Fsp3) is 0.333. The molecule has 0 aliphatic heterocycles. The smallest absolute Gasteiger partial charge is 0.340 e. The van der Waals surface area contributed by atoms with Crippen molar-refractivity contribution >= 4 is 43.4 Å². The second-order valence-corrected chi connectivity index (χ2v) is 9.66. The molecule has 8 heteroatoms. The van der Waals surface area contributed by atoms with Gasteiger partial charge in [0.1, 0.15) is 9.73 Å². The van der Waals surface area contributed by atoms with E-state index in [1.807, 2.05) is 13.2 Å². The van der Waals surface area contributed by atoms with E-state index in [9.17, 15) is 8.42 Å². The first kappa shape index (κ1) is 17.8. The minimum atomic E-state index is -3.95. The van der Waals surface area contributed by atoms with Gasteiger partial charge in [-0.15, -0.1) is 11.3 Å². The number of hydrogen-bond acceptors (Lipinski definition) is 7. The second-order valence-electron chi connectivity index (χ2n) is 6.26. The van der Waals surface area contributed by atoms with Crippen LogP contribution in [0.4, 0.5) is 0 Å². The van der Waals surface area contributed by atoms with Crippen LogP contribution in [0, 0.1) is 6.92 Å². The first-order chi connectivity index (χ1) is 12.5. The Labute approximate surface area is 161 Å². The highest BCUT2D eigenvalue weighted by Gasteiger charge is 2.25. The number of thioether (sulfide) groups is 1. The monoisotopic (exact) mass is 406 g/mol. The third kappa shape index (κ3) is 3.21. The van der Waals surface area contributed by atoms with Crippen LogP contribution in [0.15, 0.2) is 34.3 Å². The molecule has 0 amide bonds. The fourth-order valence-electron chi connectivity index (χ4n) is 3.11. The molecule has 5 nitrogen and oxygen atoms in total. The Bertz CT molecular complexity index is 1070. The highest BCUT2D eigenvalue weighted by atomic mass is 32.2. The predicted molar refractivity (Wildman–Crippen MR) is 105 cm³/mol. The highest BCUT2D eigenvalue weighted by Crippen LogP contribution is 2.40. The van der Waals surface area contributed by atoms with Gasteiger partial charge in [-0.2, -0.15) is 13.4 Å². The highest BCUT2D eigenvalue weighted by molar-refractivity contribution is 7.98. The number of hydrogen-bond donors (Lipinski definition) is 0. The van der Waals surface area contributed by atoms with Gasteiger partial charge in [-0.05, 0) is 56.6 Å². The van der Waals surface area contributed by atoms with Crippen molar-refractivity contribution in [3.8, 4) is 5.88 Å². The maximum absolute atomic E-state index is 12.8. The number of aromatic nitrogens is 2. The lowest BCUT2D eigenvalue weighted by Gasteiger charge is -2.12. The number of nitrogens with zero attached hydrogens (tertiary/aromatic N) is 2. The summed E-state index contributed by atoms with van der Waals surface area (Å²) in [7, 11) is -3.95. The maximum Gasteiger partial charge on any atom is 0.340 e. The van der Waals surface area contributed by atoms with Crippen LogP contribution in [0.5, 0.6) is 5.88 Å². The van der Waals surface area contributed by atoms with Crippen LogP contribution >= 0.6 is 23.1 Å². The van der Waals surface area contributed by atoms with Crippen LogP contribution in [0.1, 0.15) is 28.8 Å². The lowest BCUT2D eigenvalue weighted by atomic mass is 9.97. The zero-order chi connectivity index (χ0) is 18.3. The molecule has 2 heterocycles. The molecule has 3 aromatic rings. The molecule has 136 valence electrons. The molecule has 1 aromatic carbocycles. The minimum Gasteiger partial charge on any atom is -0.357 e. The molecule has 0 bridgehead atoms. The summed E-state index contributed by atoms with van der Waals surface area (Å²) < 4.78 is 31.0. The number of fused-ring (bicyclic) bond motifs is 3. The van der Waals surface area contributed by atoms with E-state index in [1.54, 1.807) is 35.6 Å². The van der Waals surface area contributed by atoms with Crippen molar-refractivity contribution in [3.63, 3.8) is 0 Å². The minimum absolute atomic E-state index is 0.129. The zero-order valence-corrected chi connectivity index (χ0v) is 16.9. The Balaban J connectivity index is 1.84. The van der Waals surface area contributed by atoms with Crippen molar-refractivity contribution in [3.05, 3.63) is 40.3 Å². The quantitative estimate of drug-likeness (QED) is 0.364. The Morgan fingerprint density at radius 1 is 1.12 bits per heavy atom. The van der Waals surface area contributed by atoms with Crippen LogP contribution in [-0.2, 0) is 23.0 Å². The summed E-state index contributed by atoms with van der Waals surface area (Å²) in [6, 6.07) is 6.63. The van der Waals surface area contributed by atoms with Crippen molar-refractivity contribution < 1.29 is 12.6 Å². The largest absolute Gasteiger partial charge is 0.357 e. The van der Waals surface area contributed by atoms with Crippen LogP contribution in [0.3, 0.4) is 0 Å². The van der Waals surface area contributed by atoms with Crippen LogP contribution in [0.25, 0.3) is 10.2 Å². The summed E-state index contributed by atoms with van der Waals surface area (Å²) in [6.45, 7) is 1.91. The summed E-state index contributed by atoms with van der Waals surface area (Å²) in [5.74, 6) is 0.152. The van der Waals surface area contributed by atoms with Crippen molar-refractivity contribution in [1.29, 1.82) is 0 Å². The van der Waals surface area contributed by atoms with Crippen LogP contribution < -0.4 is 4.18 Å². The molecule has 0 saturated heterocycles. The Kier molecular flexibility index (Phi) is 4.66. The third-order valence-electron chi connectivity index (χ3n) is 4.44. The molecule has 26 heavy (non-hydrogen) atoms. The van der Waals surface area contributed by atoms with E-state index in [1.165, 1.54) is 16.6 Å². The first-order valence-electron chi connectivity index (χ1n) is 8.35. The van der Waals surface area contributed by atoms with Crippen LogP contribution in [0.2, 0.25) is 0 Å². The van der Waals surface area contributed by atoms with E-state index in [0.717, 1.165) is 47.0 Å². The van der Waals surface area contributed by atoms with Crippen LogP contribution in [-0.4, -0.2) is 24.6 Å². The van der Waals surface area contributed by atoms with Gasteiger partial charge in [0.2, 0.25) is 5.88 Å². The second kappa shape index (κ2) is 6.83. The Hall–Kier alpha value is -1.64. The SMILES string of the molecule is CSc1nc(OS(=O)(=O)c2ccc(C)cc2)c2c3c(sc2n1)CCCC3. The summed E-state index contributed by atoms with van der Waals surface area (Å²) >= 11 is 3.01. The summed E-state index contributed by atoms with van der Waals surface area (Å²) in [5, 5.41) is 1.28. The number of aryl methyl sites for hydroxylation is 3. The summed E-state index contributed by atoms with van der Waals surface area (Å²) in [4.78, 5) is 11.2. The maximum atomic E-state index is 12.8. The van der Waals surface area contributed by atoms with Gasteiger partial charge >= 0.3 is 10.1 Å². The summed E-state index contributed by atoms with van der Waals surface area (Å²) in [5.41, 5.74) is 2.14. The first-order valence-corrected chi connectivity index (χ1v) is 11.8. The average molecular weight is 407 g/mol. The number of rotatable bonds is 4. The Morgan fingerprint density at radius 2 is 1.85 bits per heavy atom. The molecule has 0 atom stereocenters. The molecule has 0 fully saturated rings. The molecule has 0 unspecified atom stereocenters. The van der Waals surface area contributed by atoms with Gasteiger partial charge in [-0.3, -0.25) is 0 Å².